The van der Waals surface area contributed by atoms with Gasteiger partial charge in [-0.15, -0.1) is 0 Å². The van der Waals surface area contributed by atoms with Gasteiger partial charge in [0.2, 0.25) is 0 Å². The third-order valence-corrected chi connectivity index (χ3v) is 5.97. The number of hydrogen-bond donors (Lipinski definition) is 2. The summed E-state index contributed by atoms with van der Waals surface area (Å²) in [5.74, 6) is -0.731. The van der Waals surface area contributed by atoms with E-state index in [2.05, 4.69) is 5.32 Å². The maximum absolute atomic E-state index is 13.3. The summed E-state index contributed by atoms with van der Waals surface area (Å²) >= 11 is 0. The van der Waals surface area contributed by atoms with Crippen molar-refractivity contribution in [2.24, 2.45) is 0 Å². The number of methoxy groups -OCH3 is 1. The first-order valence-corrected chi connectivity index (χ1v) is 10.6. The van der Waals surface area contributed by atoms with Gasteiger partial charge in [0.15, 0.2) is 11.6 Å². The number of ketones is 2. The smallest absolute Gasteiger partial charge is 0.744 e. The minimum atomic E-state index is -5.03. The molecular weight excluding hydrogens is 443 g/mol. The average Bonchev–Trinajstić information content (AvgIpc) is 2.72. The molecule has 1 aliphatic rings. The third-order valence-electron chi connectivity index (χ3n) is 5.09. The van der Waals surface area contributed by atoms with Crippen LogP contribution in [-0.4, -0.2) is 31.6 Å². The molecule has 0 spiro atoms. The molecule has 0 saturated heterocycles. The molecule has 3 aromatic carbocycles. The maximum atomic E-state index is 13.3. The molecule has 0 saturated carbocycles. The Labute approximate surface area is 206 Å². The number of nitrogens with one attached hydrogen (secondary N) is 1. The van der Waals surface area contributed by atoms with Crippen LogP contribution in [0, 0.1) is 6.92 Å². The molecule has 0 fully saturated rings. The van der Waals surface area contributed by atoms with Crippen LogP contribution in [0.15, 0.2) is 53.4 Å². The molecule has 10 heteroatoms. The van der Waals surface area contributed by atoms with Gasteiger partial charge in [-0.2, -0.15) is 0 Å². The molecule has 0 unspecified atom stereocenters. The van der Waals surface area contributed by atoms with Crippen LogP contribution in [0.5, 0.6) is 5.75 Å². The zero-order valence-electron chi connectivity index (χ0n) is 17.6. The predicted molar refractivity (Wildman–Crippen MR) is 113 cm³/mol. The summed E-state index contributed by atoms with van der Waals surface area (Å²) in [5.41, 5.74) is 6.48. The molecule has 0 atom stereocenters. The predicted octanol–water partition coefficient (Wildman–Crippen LogP) is 0.0129. The van der Waals surface area contributed by atoms with Crippen molar-refractivity contribution in [1.29, 1.82) is 0 Å². The van der Waals surface area contributed by atoms with Crippen LogP contribution in [-0.2, 0) is 10.1 Å². The molecule has 0 heterocycles. The standard InChI is InChI=1S/C22H18N2O6S.Na/c1-11-7-8-16(30-2)14(9-11)24-15-10-17(31(27,28)29)20(23)19-18(15)21(25)12-5-3-4-6-13(12)22(19)26;/h3-10,24H,23H2,1-2H3,(H,27,28,29);/q;+1/p-1. The molecule has 0 amide bonds. The van der Waals surface area contributed by atoms with E-state index in [1.807, 2.05) is 6.92 Å². The van der Waals surface area contributed by atoms with Crippen molar-refractivity contribution in [2.75, 3.05) is 18.2 Å². The van der Waals surface area contributed by atoms with Crippen molar-refractivity contribution in [1.82, 2.24) is 0 Å². The van der Waals surface area contributed by atoms with Gasteiger partial charge >= 0.3 is 29.6 Å². The fourth-order valence-corrected chi connectivity index (χ4v) is 4.30. The van der Waals surface area contributed by atoms with E-state index < -0.39 is 32.3 Å². The van der Waals surface area contributed by atoms with Crippen LogP contribution in [0.25, 0.3) is 0 Å². The molecule has 8 nitrogen and oxygen atoms in total. The summed E-state index contributed by atoms with van der Waals surface area (Å²) in [5, 5.41) is 2.96. The second-order valence-corrected chi connectivity index (χ2v) is 8.42. The number of aryl methyl sites for hydroxylation is 1. The normalized spacial score (nSPS) is 12.5. The Kier molecular flexibility index (Phi) is 6.50. The van der Waals surface area contributed by atoms with Crippen molar-refractivity contribution < 1.29 is 56.9 Å². The summed E-state index contributed by atoms with van der Waals surface area (Å²) in [6.45, 7) is 1.83. The maximum Gasteiger partial charge on any atom is 1.00 e. The van der Waals surface area contributed by atoms with Crippen LogP contribution in [0.1, 0.15) is 37.4 Å². The monoisotopic (exact) mass is 460 g/mol. The van der Waals surface area contributed by atoms with Crippen LogP contribution >= 0.6 is 0 Å². The van der Waals surface area contributed by atoms with Crippen LogP contribution in [0.2, 0.25) is 0 Å². The summed E-state index contributed by atoms with van der Waals surface area (Å²) in [7, 11) is -3.58. The summed E-state index contributed by atoms with van der Waals surface area (Å²) in [4.78, 5) is 25.7. The number of nitrogen functional groups attached to an aromatic ring is 1. The van der Waals surface area contributed by atoms with Gasteiger partial charge in [-0.25, -0.2) is 8.42 Å². The van der Waals surface area contributed by atoms with Crippen molar-refractivity contribution in [2.45, 2.75) is 11.8 Å². The van der Waals surface area contributed by atoms with Gasteiger partial charge in [0.25, 0.3) is 0 Å². The third kappa shape index (κ3) is 3.94. The molecule has 0 aromatic heterocycles. The van der Waals surface area contributed by atoms with E-state index in [0.29, 0.717) is 11.4 Å². The van der Waals surface area contributed by atoms with Crippen LogP contribution in [0.3, 0.4) is 0 Å². The number of benzene rings is 3. The number of rotatable bonds is 4. The van der Waals surface area contributed by atoms with E-state index in [1.165, 1.54) is 19.2 Å². The second-order valence-electron chi connectivity index (χ2n) is 7.07. The van der Waals surface area contributed by atoms with Crippen molar-refractivity contribution >= 4 is 38.7 Å². The van der Waals surface area contributed by atoms with Crippen LogP contribution < -0.4 is 45.3 Å². The zero-order valence-corrected chi connectivity index (χ0v) is 20.4. The second kappa shape index (κ2) is 8.68. The van der Waals surface area contributed by atoms with Crippen molar-refractivity contribution in [3.8, 4) is 5.75 Å². The number of carbonyl (C=O) groups excluding carboxylic acids is 2. The fourth-order valence-electron chi connectivity index (χ4n) is 3.66. The molecule has 3 N–H and O–H groups in total. The number of anilines is 3. The fraction of sp³-hybridized carbons (Fsp3) is 0.0909. The Balaban J connectivity index is 0.00000289. The molecule has 32 heavy (non-hydrogen) atoms. The molecule has 1 aliphatic carbocycles. The van der Waals surface area contributed by atoms with Gasteiger partial charge in [0.05, 0.1) is 40.2 Å². The molecule has 0 radical (unpaired) electrons. The molecule has 0 bridgehead atoms. The number of hydrogen-bond acceptors (Lipinski definition) is 8. The van der Waals surface area contributed by atoms with E-state index in [-0.39, 0.29) is 57.5 Å². The zero-order chi connectivity index (χ0) is 22.5. The minimum absolute atomic E-state index is 0. The topological polar surface area (TPSA) is 139 Å². The first kappa shape index (κ1) is 24.0. The quantitative estimate of drug-likeness (QED) is 0.247. The van der Waals surface area contributed by atoms with Gasteiger partial charge in [0, 0.05) is 11.1 Å². The van der Waals surface area contributed by atoms with Gasteiger partial charge < -0.3 is 20.3 Å². The molecule has 0 aliphatic heterocycles. The van der Waals surface area contributed by atoms with E-state index in [9.17, 15) is 22.6 Å². The van der Waals surface area contributed by atoms with Gasteiger partial charge in [0.1, 0.15) is 15.9 Å². The summed E-state index contributed by atoms with van der Waals surface area (Å²) in [6, 6.07) is 12.3. The molecule has 4 rings (SSSR count). The average molecular weight is 460 g/mol. The number of nitrogens with two attached hydrogens (primary N) is 1. The Bertz CT molecular complexity index is 1390. The Morgan fingerprint density at radius 3 is 2.09 bits per heavy atom. The Morgan fingerprint density at radius 1 is 0.938 bits per heavy atom. The minimum Gasteiger partial charge on any atom is -0.744 e. The largest absolute Gasteiger partial charge is 1.00 e. The number of carbonyl (C=O) groups is 2. The number of fused-ring (bicyclic) bond motifs is 2. The van der Waals surface area contributed by atoms with Gasteiger partial charge in [-0.1, -0.05) is 30.3 Å². The molecular formula is C22H17N2NaO6S. The first-order chi connectivity index (χ1) is 14.6. The first-order valence-electron chi connectivity index (χ1n) is 9.16. The Morgan fingerprint density at radius 2 is 1.53 bits per heavy atom. The van der Waals surface area contributed by atoms with Crippen molar-refractivity contribution in [3.63, 3.8) is 0 Å². The Hall–Kier alpha value is -2.69. The van der Waals surface area contributed by atoms with Crippen LogP contribution in [0.4, 0.5) is 17.1 Å². The van der Waals surface area contributed by atoms with Gasteiger partial charge in [-0.05, 0) is 30.7 Å². The van der Waals surface area contributed by atoms with Gasteiger partial charge in [-0.3, -0.25) is 9.59 Å². The summed E-state index contributed by atoms with van der Waals surface area (Å²) < 4.78 is 40.9. The SMILES string of the molecule is COc1ccc(C)cc1Nc1cc(S(=O)(=O)[O-])c(N)c2c1C(=O)c1ccccc1C2=O.[Na+]. The van der Waals surface area contributed by atoms with Crippen molar-refractivity contribution in [3.05, 3.63) is 76.3 Å². The van der Waals surface area contributed by atoms with E-state index in [0.717, 1.165) is 11.6 Å². The summed E-state index contributed by atoms with van der Waals surface area (Å²) in [6.07, 6.45) is 0. The number of ether oxygens (including phenoxy) is 1. The molecule has 158 valence electrons. The molecule has 3 aromatic rings. The van der Waals surface area contributed by atoms with E-state index in [1.54, 1.807) is 30.3 Å². The van der Waals surface area contributed by atoms with E-state index in [4.69, 9.17) is 10.5 Å². The van der Waals surface area contributed by atoms with E-state index >= 15 is 0 Å².